The molecule has 2 aliphatic heterocycles. The van der Waals surface area contributed by atoms with Gasteiger partial charge in [0, 0.05) is 25.3 Å². The highest BCUT2D eigenvalue weighted by molar-refractivity contribution is 7.91. The molecule has 0 aromatic carbocycles. The van der Waals surface area contributed by atoms with Crippen molar-refractivity contribution in [1.82, 2.24) is 19.8 Å². The molecule has 2 atom stereocenters. The van der Waals surface area contributed by atoms with Gasteiger partial charge in [0.15, 0.2) is 9.84 Å². The number of rotatable bonds is 3. The van der Waals surface area contributed by atoms with Crippen LogP contribution in [0.25, 0.3) is 0 Å². The smallest absolute Gasteiger partial charge is 0.257 e. The van der Waals surface area contributed by atoms with Gasteiger partial charge in [-0.15, -0.1) is 0 Å². The van der Waals surface area contributed by atoms with Crippen LogP contribution in [0.5, 0.6) is 0 Å². The third-order valence-electron chi connectivity index (χ3n) is 4.70. The van der Waals surface area contributed by atoms with Crippen molar-refractivity contribution in [3.8, 4) is 0 Å². The highest BCUT2D eigenvalue weighted by Crippen LogP contribution is 2.28. The first-order valence-corrected chi connectivity index (χ1v) is 9.77. The van der Waals surface area contributed by atoms with E-state index in [0.717, 1.165) is 13.0 Å². The number of nitrogens with zero attached hydrogens (tertiary/aromatic N) is 4. The number of piperazine rings is 1. The monoisotopic (exact) mass is 338 g/mol. The second kappa shape index (κ2) is 6.16. The Morgan fingerprint density at radius 1 is 1.30 bits per heavy atom. The summed E-state index contributed by atoms with van der Waals surface area (Å²) in [4.78, 5) is 24.8. The Morgan fingerprint density at radius 3 is 2.74 bits per heavy atom. The number of amides is 1. The van der Waals surface area contributed by atoms with Crippen molar-refractivity contribution in [3.63, 3.8) is 0 Å². The van der Waals surface area contributed by atoms with Crippen molar-refractivity contribution in [2.24, 2.45) is 0 Å². The van der Waals surface area contributed by atoms with Crippen LogP contribution in [0.3, 0.4) is 0 Å². The Kier molecular flexibility index (Phi) is 4.37. The fourth-order valence-corrected chi connectivity index (χ4v) is 5.61. The second-order valence-corrected chi connectivity index (χ2v) is 8.42. The predicted molar refractivity (Wildman–Crippen MR) is 85.9 cm³/mol. The molecule has 0 N–H and O–H groups in total. The lowest BCUT2D eigenvalue weighted by molar-refractivity contribution is 0.0331. The summed E-state index contributed by atoms with van der Waals surface area (Å²) >= 11 is 0. The molecule has 0 radical (unpaired) electrons. The van der Waals surface area contributed by atoms with Gasteiger partial charge in [0.25, 0.3) is 5.91 Å². The minimum Gasteiger partial charge on any atom is -0.332 e. The summed E-state index contributed by atoms with van der Waals surface area (Å²) in [6, 6.07) is -0.366. The molecule has 2 aliphatic rings. The molecular weight excluding hydrogens is 316 g/mol. The number of aromatic nitrogens is 2. The van der Waals surface area contributed by atoms with E-state index >= 15 is 0 Å². The van der Waals surface area contributed by atoms with Gasteiger partial charge >= 0.3 is 0 Å². The molecule has 7 nitrogen and oxygen atoms in total. The summed E-state index contributed by atoms with van der Waals surface area (Å²) in [6.07, 6.45) is 3.90. The summed E-state index contributed by atoms with van der Waals surface area (Å²) in [5.74, 6) is 0.0357. The molecule has 0 bridgehead atoms. The fraction of sp³-hybridized carbons (Fsp3) is 0.667. The first-order chi connectivity index (χ1) is 10.9. The number of aryl methyl sites for hydroxylation is 1. The average molecular weight is 338 g/mol. The van der Waals surface area contributed by atoms with E-state index in [1.54, 1.807) is 11.8 Å². The minimum absolute atomic E-state index is 0.0519. The van der Waals surface area contributed by atoms with Crippen molar-refractivity contribution >= 4 is 15.7 Å². The summed E-state index contributed by atoms with van der Waals surface area (Å²) in [7, 11) is -3.11. The maximum atomic E-state index is 12.9. The molecule has 3 heterocycles. The van der Waals surface area contributed by atoms with Crippen molar-refractivity contribution in [2.45, 2.75) is 32.4 Å². The normalized spacial score (nSPS) is 27.0. The molecule has 3 rings (SSSR count). The van der Waals surface area contributed by atoms with Gasteiger partial charge in [-0.1, -0.05) is 6.92 Å². The van der Waals surface area contributed by atoms with Crippen LogP contribution >= 0.6 is 0 Å². The number of carbonyl (C=O) groups excluding carboxylic acids is 1. The Labute approximate surface area is 136 Å². The maximum Gasteiger partial charge on any atom is 0.257 e. The largest absolute Gasteiger partial charge is 0.332 e. The molecule has 1 amide bonds. The van der Waals surface area contributed by atoms with Crippen LogP contribution in [0.2, 0.25) is 0 Å². The zero-order valence-corrected chi connectivity index (χ0v) is 14.3. The average Bonchev–Trinajstić information content (AvgIpc) is 2.83. The number of hydrogen-bond acceptors (Lipinski definition) is 6. The molecule has 23 heavy (non-hydrogen) atoms. The van der Waals surface area contributed by atoms with Gasteiger partial charge in [-0.3, -0.25) is 9.69 Å². The van der Waals surface area contributed by atoms with Gasteiger partial charge in [-0.25, -0.2) is 18.4 Å². The molecule has 1 aromatic heterocycles. The van der Waals surface area contributed by atoms with Crippen LogP contribution in [0, 0.1) is 6.92 Å². The van der Waals surface area contributed by atoms with E-state index in [4.69, 9.17) is 0 Å². The Balaban J connectivity index is 1.89. The molecule has 0 unspecified atom stereocenters. The Morgan fingerprint density at radius 2 is 2.04 bits per heavy atom. The third kappa shape index (κ3) is 3.10. The Hall–Kier alpha value is -1.54. The summed E-state index contributed by atoms with van der Waals surface area (Å²) in [5, 5.41) is 0. The SMILES string of the molecule is CCCN1CCN(C(=O)c2cncnc2C)[C@H]2CS(=O)(=O)C[C@H]21. The lowest BCUT2D eigenvalue weighted by Crippen LogP contribution is -2.60. The van der Waals surface area contributed by atoms with Crippen molar-refractivity contribution in [3.05, 3.63) is 23.8 Å². The minimum atomic E-state index is -3.11. The summed E-state index contributed by atoms with van der Waals surface area (Å²) in [6.45, 7) is 5.98. The van der Waals surface area contributed by atoms with E-state index in [9.17, 15) is 13.2 Å². The molecular formula is C15H22N4O3S. The highest BCUT2D eigenvalue weighted by Gasteiger charge is 2.47. The van der Waals surface area contributed by atoms with Crippen LogP contribution in [0.15, 0.2) is 12.5 Å². The molecule has 2 fully saturated rings. The zero-order chi connectivity index (χ0) is 16.6. The van der Waals surface area contributed by atoms with Crippen molar-refractivity contribution in [1.29, 1.82) is 0 Å². The maximum absolute atomic E-state index is 12.9. The molecule has 2 saturated heterocycles. The lowest BCUT2D eigenvalue weighted by atomic mass is 10.0. The molecule has 126 valence electrons. The first kappa shape index (κ1) is 16.3. The number of carbonyl (C=O) groups is 1. The van der Waals surface area contributed by atoms with Gasteiger partial charge in [-0.2, -0.15) is 0 Å². The van der Waals surface area contributed by atoms with E-state index in [1.807, 2.05) is 0 Å². The molecule has 0 spiro atoms. The van der Waals surface area contributed by atoms with E-state index < -0.39 is 9.84 Å². The van der Waals surface area contributed by atoms with Gasteiger partial charge in [0.1, 0.15) is 6.33 Å². The summed E-state index contributed by atoms with van der Waals surface area (Å²) < 4.78 is 24.3. The number of sulfone groups is 1. The molecule has 0 saturated carbocycles. The van der Waals surface area contributed by atoms with Crippen molar-refractivity contribution < 1.29 is 13.2 Å². The standard InChI is InChI=1S/C15H22N4O3S/c1-3-4-18-5-6-19(14-9-23(21,22)8-13(14)18)15(20)12-7-16-10-17-11(12)2/h7,10,13-14H,3-6,8-9H2,1-2H3/t13-,14+/m1/s1. The van der Waals surface area contributed by atoms with E-state index in [0.29, 0.717) is 24.3 Å². The first-order valence-electron chi connectivity index (χ1n) is 7.95. The van der Waals surface area contributed by atoms with Gasteiger partial charge in [-0.05, 0) is 19.9 Å². The van der Waals surface area contributed by atoms with Crippen LogP contribution in [0.4, 0.5) is 0 Å². The van der Waals surface area contributed by atoms with E-state index in [2.05, 4.69) is 21.8 Å². The third-order valence-corrected chi connectivity index (χ3v) is 6.40. The van der Waals surface area contributed by atoms with E-state index in [-0.39, 0.29) is 29.5 Å². The number of fused-ring (bicyclic) bond motifs is 1. The fourth-order valence-electron chi connectivity index (χ4n) is 3.60. The van der Waals surface area contributed by atoms with Crippen molar-refractivity contribution in [2.75, 3.05) is 31.1 Å². The molecule has 8 heteroatoms. The van der Waals surface area contributed by atoms with Gasteiger partial charge in [0.05, 0.1) is 28.8 Å². The van der Waals surface area contributed by atoms with Crippen LogP contribution in [0.1, 0.15) is 29.4 Å². The van der Waals surface area contributed by atoms with Crippen LogP contribution < -0.4 is 0 Å². The highest BCUT2D eigenvalue weighted by atomic mass is 32.2. The van der Waals surface area contributed by atoms with E-state index in [1.165, 1.54) is 12.5 Å². The van der Waals surface area contributed by atoms with Crippen LogP contribution in [-0.2, 0) is 9.84 Å². The predicted octanol–water partition coefficient (Wildman–Crippen LogP) is 0.118. The summed E-state index contributed by atoms with van der Waals surface area (Å²) in [5.41, 5.74) is 1.08. The number of hydrogen-bond donors (Lipinski definition) is 0. The quantitative estimate of drug-likeness (QED) is 0.778. The lowest BCUT2D eigenvalue weighted by Gasteiger charge is -2.43. The zero-order valence-electron chi connectivity index (χ0n) is 13.5. The molecule has 1 aromatic rings. The second-order valence-electron chi connectivity index (χ2n) is 6.27. The van der Waals surface area contributed by atoms with Gasteiger partial charge < -0.3 is 4.90 Å². The topological polar surface area (TPSA) is 83.5 Å². The molecule has 0 aliphatic carbocycles. The van der Waals surface area contributed by atoms with Gasteiger partial charge in [0.2, 0.25) is 0 Å². The Bertz CT molecular complexity index is 706. The van der Waals surface area contributed by atoms with Crippen LogP contribution in [-0.4, -0.2) is 77.3 Å².